The van der Waals surface area contributed by atoms with Crippen molar-refractivity contribution in [1.82, 2.24) is 4.90 Å². The molecule has 7 nitrogen and oxygen atoms in total. The van der Waals surface area contributed by atoms with Crippen LogP contribution in [-0.4, -0.2) is 62.3 Å². The average Bonchev–Trinajstić information content (AvgIpc) is 2.89. The number of hydrogen-bond donors (Lipinski definition) is 0. The standard InChI is InChI=1S/C29H37Cl2N3O4/c1-20(2)29(38-21(3)35)34-26-19-23(11-9-22(26)10-12-27(34)36)37-18-5-4-13-32-14-16-33(17-15-32)25-8-6-7-24(30)28(25)31/h6-9,11,19-20,29H,4-5,10,12-18H2,1-3H3/t29-/m1/s1. The molecular weight excluding hydrogens is 525 g/mol. The van der Waals surface area contributed by atoms with Gasteiger partial charge in [0.05, 0.1) is 28.0 Å². The molecule has 2 aromatic carbocycles. The zero-order valence-corrected chi connectivity index (χ0v) is 23.9. The summed E-state index contributed by atoms with van der Waals surface area (Å²) in [6.45, 7) is 10.7. The first-order chi connectivity index (χ1) is 18.2. The number of hydrogen-bond acceptors (Lipinski definition) is 6. The van der Waals surface area contributed by atoms with Crippen LogP contribution < -0.4 is 14.5 Å². The van der Waals surface area contributed by atoms with Crippen molar-refractivity contribution in [2.24, 2.45) is 5.92 Å². The number of nitrogens with zero attached hydrogens (tertiary/aromatic N) is 3. The van der Waals surface area contributed by atoms with E-state index < -0.39 is 12.2 Å². The molecule has 2 heterocycles. The predicted molar refractivity (Wildman–Crippen MR) is 152 cm³/mol. The molecule has 1 amide bonds. The van der Waals surface area contributed by atoms with Gasteiger partial charge < -0.3 is 14.4 Å². The number of ether oxygens (including phenoxy) is 2. The van der Waals surface area contributed by atoms with Gasteiger partial charge in [-0.25, -0.2) is 0 Å². The van der Waals surface area contributed by atoms with Gasteiger partial charge in [-0.1, -0.05) is 49.2 Å². The molecule has 0 aromatic heterocycles. The summed E-state index contributed by atoms with van der Waals surface area (Å²) >= 11 is 12.6. The molecule has 2 aliphatic heterocycles. The molecule has 1 saturated heterocycles. The summed E-state index contributed by atoms with van der Waals surface area (Å²) in [5, 5.41) is 1.22. The minimum absolute atomic E-state index is 0.0349. The quantitative estimate of drug-likeness (QED) is 0.270. The Kier molecular flexibility index (Phi) is 9.80. The first-order valence-electron chi connectivity index (χ1n) is 13.4. The molecule has 9 heteroatoms. The molecule has 206 valence electrons. The van der Waals surface area contributed by atoms with E-state index in [1.54, 1.807) is 4.90 Å². The zero-order valence-electron chi connectivity index (χ0n) is 22.4. The van der Waals surface area contributed by atoms with Crippen molar-refractivity contribution < 1.29 is 19.1 Å². The zero-order chi connectivity index (χ0) is 27.2. The minimum atomic E-state index is -0.635. The SMILES string of the molecule is CC(=O)O[C@H](C(C)C)N1C(=O)CCc2ccc(OCCCCN3CCN(c4cccc(Cl)c4Cl)CC3)cc21. The third kappa shape index (κ3) is 6.93. The lowest BCUT2D eigenvalue weighted by atomic mass is 9.98. The van der Waals surface area contributed by atoms with Crippen molar-refractivity contribution in [3.05, 3.63) is 52.0 Å². The van der Waals surface area contributed by atoms with Gasteiger partial charge in [0.2, 0.25) is 5.91 Å². The Morgan fingerprint density at radius 1 is 1.00 bits per heavy atom. The summed E-state index contributed by atoms with van der Waals surface area (Å²) < 4.78 is 11.6. The van der Waals surface area contributed by atoms with Gasteiger partial charge in [-0.2, -0.15) is 0 Å². The van der Waals surface area contributed by atoms with E-state index in [0.717, 1.165) is 68.3 Å². The molecule has 2 aliphatic rings. The van der Waals surface area contributed by atoms with E-state index in [-0.39, 0.29) is 11.8 Å². The molecule has 0 saturated carbocycles. The van der Waals surface area contributed by atoms with Gasteiger partial charge in [0.1, 0.15) is 5.75 Å². The lowest BCUT2D eigenvalue weighted by Gasteiger charge is -2.37. The molecule has 38 heavy (non-hydrogen) atoms. The summed E-state index contributed by atoms with van der Waals surface area (Å²) in [7, 11) is 0. The lowest BCUT2D eigenvalue weighted by molar-refractivity contribution is -0.149. The molecule has 2 aromatic rings. The highest BCUT2D eigenvalue weighted by atomic mass is 35.5. The Balaban J connectivity index is 1.26. The van der Waals surface area contributed by atoms with Crippen molar-refractivity contribution in [3.63, 3.8) is 0 Å². The van der Waals surface area contributed by atoms with E-state index in [1.807, 2.05) is 50.2 Å². The van der Waals surface area contributed by atoms with Gasteiger partial charge in [0, 0.05) is 51.5 Å². The largest absolute Gasteiger partial charge is 0.494 e. The summed E-state index contributed by atoms with van der Waals surface area (Å²) in [5.41, 5.74) is 2.84. The van der Waals surface area contributed by atoms with Gasteiger partial charge in [-0.05, 0) is 49.6 Å². The molecular formula is C29H37Cl2N3O4. The van der Waals surface area contributed by atoms with E-state index in [4.69, 9.17) is 32.7 Å². The molecule has 0 unspecified atom stereocenters. The Hall–Kier alpha value is -2.48. The van der Waals surface area contributed by atoms with Crippen LogP contribution in [0.2, 0.25) is 10.0 Å². The average molecular weight is 563 g/mol. The van der Waals surface area contributed by atoms with Crippen LogP contribution in [0, 0.1) is 5.92 Å². The van der Waals surface area contributed by atoms with Crippen LogP contribution in [0.4, 0.5) is 11.4 Å². The number of aryl methyl sites for hydroxylation is 1. The number of amides is 1. The first-order valence-corrected chi connectivity index (χ1v) is 14.2. The third-order valence-corrected chi connectivity index (χ3v) is 7.90. The number of carbonyl (C=O) groups excluding carboxylic acids is 2. The number of carbonyl (C=O) groups is 2. The second-order valence-electron chi connectivity index (χ2n) is 10.3. The molecule has 0 N–H and O–H groups in total. The molecule has 0 bridgehead atoms. The van der Waals surface area contributed by atoms with Crippen molar-refractivity contribution in [3.8, 4) is 5.75 Å². The summed E-state index contributed by atoms with van der Waals surface area (Å²) in [4.78, 5) is 31.0. The topological polar surface area (TPSA) is 62.3 Å². The minimum Gasteiger partial charge on any atom is -0.494 e. The van der Waals surface area contributed by atoms with Gasteiger partial charge in [0.25, 0.3) is 0 Å². The maximum atomic E-state index is 12.9. The van der Waals surface area contributed by atoms with E-state index in [1.165, 1.54) is 6.92 Å². The van der Waals surface area contributed by atoms with Gasteiger partial charge >= 0.3 is 5.97 Å². The number of anilines is 2. The third-order valence-electron chi connectivity index (χ3n) is 7.09. The Labute approximate surface area is 235 Å². The van der Waals surface area contributed by atoms with E-state index >= 15 is 0 Å². The number of unbranched alkanes of at least 4 members (excludes halogenated alkanes) is 1. The van der Waals surface area contributed by atoms with Crippen LogP contribution in [0.3, 0.4) is 0 Å². The molecule has 0 radical (unpaired) electrons. The van der Waals surface area contributed by atoms with Gasteiger partial charge in [-0.3, -0.25) is 19.4 Å². The summed E-state index contributed by atoms with van der Waals surface area (Å²) in [6, 6.07) is 11.7. The van der Waals surface area contributed by atoms with Crippen LogP contribution >= 0.6 is 23.2 Å². The van der Waals surface area contributed by atoms with E-state index in [9.17, 15) is 9.59 Å². The normalized spacial score (nSPS) is 16.9. The second kappa shape index (κ2) is 13.0. The van der Waals surface area contributed by atoms with Gasteiger partial charge in [0.15, 0.2) is 6.23 Å². The maximum Gasteiger partial charge on any atom is 0.304 e. The smallest absolute Gasteiger partial charge is 0.304 e. The molecule has 0 spiro atoms. The predicted octanol–water partition coefficient (Wildman–Crippen LogP) is 5.80. The maximum absolute atomic E-state index is 12.9. The molecule has 1 fully saturated rings. The highest BCUT2D eigenvalue weighted by Gasteiger charge is 2.34. The summed E-state index contributed by atoms with van der Waals surface area (Å²) in [6.07, 6.45) is 2.41. The number of halogens is 2. The number of benzene rings is 2. The monoisotopic (exact) mass is 561 g/mol. The fourth-order valence-corrected chi connectivity index (χ4v) is 5.49. The van der Waals surface area contributed by atoms with Crippen molar-refractivity contribution in [2.45, 2.75) is 52.7 Å². The number of piperazine rings is 1. The fraction of sp³-hybridized carbons (Fsp3) is 0.517. The fourth-order valence-electron chi connectivity index (χ4n) is 5.08. The number of rotatable bonds is 10. The van der Waals surface area contributed by atoms with Crippen LogP contribution in [0.15, 0.2) is 36.4 Å². The van der Waals surface area contributed by atoms with Crippen molar-refractivity contribution >= 4 is 46.5 Å². The second-order valence-corrected chi connectivity index (χ2v) is 11.0. The Bertz CT molecular complexity index is 1130. The van der Waals surface area contributed by atoms with Crippen molar-refractivity contribution in [1.29, 1.82) is 0 Å². The van der Waals surface area contributed by atoms with Crippen LogP contribution in [0.1, 0.15) is 45.6 Å². The molecule has 0 aliphatic carbocycles. The first kappa shape index (κ1) is 28.5. The number of esters is 1. The van der Waals surface area contributed by atoms with Crippen molar-refractivity contribution in [2.75, 3.05) is 49.1 Å². The number of fused-ring (bicyclic) bond motifs is 1. The van der Waals surface area contributed by atoms with Crippen LogP contribution in [0.25, 0.3) is 0 Å². The molecule has 1 atom stereocenters. The Morgan fingerprint density at radius 2 is 1.76 bits per heavy atom. The van der Waals surface area contributed by atoms with Crippen LogP contribution in [0.5, 0.6) is 5.75 Å². The van der Waals surface area contributed by atoms with Crippen LogP contribution in [-0.2, 0) is 20.7 Å². The van der Waals surface area contributed by atoms with Gasteiger partial charge in [-0.15, -0.1) is 0 Å². The Morgan fingerprint density at radius 3 is 2.47 bits per heavy atom. The van der Waals surface area contributed by atoms with E-state index in [2.05, 4.69) is 9.80 Å². The lowest BCUT2D eigenvalue weighted by Crippen LogP contribution is -2.48. The highest BCUT2D eigenvalue weighted by Crippen LogP contribution is 2.35. The molecule has 4 rings (SSSR count). The summed E-state index contributed by atoms with van der Waals surface area (Å²) in [5.74, 6) is 0.251. The highest BCUT2D eigenvalue weighted by molar-refractivity contribution is 6.43. The van der Waals surface area contributed by atoms with E-state index in [0.29, 0.717) is 29.5 Å².